The average Bonchev–Trinajstić information content (AvgIpc) is 2.31. The van der Waals surface area contributed by atoms with Crippen molar-refractivity contribution in [2.75, 3.05) is 13.1 Å². The number of thiocarbonyl (C=S) groups is 1. The Morgan fingerprint density at radius 3 is 2.35 bits per heavy atom. The van der Waals surface area contributed by atoms with E-state index in [0.29, 0.717) is 4.32 Å². The summed E-state index contributed by atoms with van der Waals surface area (Å²) in [6.07, 6.45) is 3.62. The Morgan fingerprint density at radius 2 is 1.82 bits per heavy atom. The van der Waals surface area contributed by atoms with E-state index in [1.54, 1.807) is 0 Å². The van der Waals surface area contributed by atoms with Gasteiger partial charge in [-0.1, -0.05) is 34.7 Å². The Balaban J connectivity index is 0.00000144. The monoisotopic (exact) mass is 289 g/mol. The van der Waals surface area contributed by atoms with E-state index in [0.717, 1.165) is 19.0 Å². The number of hydrogen-bond donors (Lipinski definition) is 0. The van der Waals surface area contributed by atoms with E-state index in [9.17, 15) is 0 Å². The van der Waals surface area contributed by atoms with E-state index in [2.05, 4.69) is 35.2 Å². The van der Waals surface area contributed by atoms with Gasteiger partial charge in [0.2, 0.25) is 0 Å². The van der Waals surface area contributed by atoms with Crippen LogP contribution >= 0.6 is 12.2 Å². The van der Waals surface area contributed by atoms with Crippen LogP contribution in [0.3, 0.4) is 0 Å². The molecule has 2 rings (SSSR count). The molecule has 17 heavy (non-hydrogen) atoms. The van der Waals surface area contributed by atoms with Gasteiger partial charge in [0.15, 0.2) is 0 Å². The van der Waals surface area contributed by atoms with Gasteiger partial charge in [0.05, 0.1) is 0 Å². The molecule has 1 saturated heterocycles. The Kier molecular flexibility index (Phi) is 7.73. The summed E-state index contributed by atoms with van der Waals surface area (Å²) in [6, 6.07) is 10.7. The maximum absolute atomic E-state index is 5.02. The number of hydrogen-bond acceptors (Lipinski definition) is 2. The van der Waals surface area contributed by atoms with Gasteiger partial charge in [0.25, 0.3) is 0 Å². The van der Waals surface area contributed by atoms with Crippen LogP contribution in [0.2, 0.25) is 0 Å². The molecule has 0 radical (unpaired) electrons. The van der Waals surface area contributed by atoms with E-state index < -0.39 is 0 Å². The van der Waals surface area contributed by atoms with Crippen LogP contribution in [0.4, 0.5) is 0 Å². The van der Waals surface area contributed by atoms with E-state index >= 15 is 0 Å². The second-order valence-electron chi connectivity index (χ2n) is 4.39. The van der Waals surface area contributed by atoms with Crippen molar-refractivity contribution in [1.82, 2.24) is 4.90 Å². The number of piperidine rings is 1. The minimum absolute atomic E-state index is 0. The van der Waals surface area contributed by atoms with Crippen molar-refractivity contribution < 1.29 is 51.4 Å². The number of likely N-dealkylation sites (tertiary alicyclic amines) is 1. The summed E-state index contributed by atoms with van der Waals surface area (Å²) >= 11 is 10.0. The quantitative estimate of drug-likeness (QED) is 0.421. The first-order valence-electron chi connectivity index (χ1n) is 5.75. The summed E-state index contributed by atoms with van der Waals surface area (Å²) < 4.78 is 0.637. The molecule has 0 aromatic heterocycles. The third-order valence-electron chi connectivity index (χ3n) is 3.24. The first-order valence-corrected chi connectivity index (χ1v) is 6.57. The molecule has 1 aliphatic rings. The first-order chi connectivity index (χ1) is 7.75. The number of nitrogens with zero attached hydrogens (tertiary/aromatic N) is 1. The zero-order valence-corrected chi connectivity index (χ0v) is 15.0. The molecule has 1 aromatic rings. The first kappa shape index (κ1) is 16.0. The summed E-state index contributed by atoms with van der Waals surface area (Å²) in [5, 5.41) is 0. The van der Waals surface area contributed by atoms with Crippen LogP contribution in [-0.2, 0) is 19.0 Å². The van der Waals surface area contributed by atoms with Gasteiger partial charge in [-0.3, -0.25) is 0 Å². The van der Waals surface area contributed by atoms with Crippen molar-refractivity contribution in [2.24, 2.45) is 5.92 Å². The smallest absolute Gasteiger partial charge is 0.411 e. The third kappa shape index (κ3) is 5.23. The summed E-state index contributed by atoms with van der Waals surface area (Å²) in [4.78, 5) is 2.14. The molecule has 86 valence electrons. The van der Waals surface area contributed by atoms with Crippen LogP contribution < -0.4 is 51.4 Å². The van der Waals surface area contributed by atoms with Gasteiger partial charge >= 0.3 is 51.4 Å². The molecule has 1 fully saturated rings. The predicted octanol–water partition coefficient (Wildman–Crippen LogP) is -0.223. The number of benzene rings is 1. The van der Waals surface area contributed by atoms with Crippen LogP contribution in [0.1, 0.15) is 18.4 Å². The molecule has 4 heteroatoms. The van der Waals surface area contributed by atoms with Crippen molar-refractivity contribution in [3.8, 4) is 0 Å². The molecule has 0 aliphatic carbocycles. The Labute approximate surface area is 157 Å². The van der Waals surface area contributed by atoms with E-state index in [-0.39, 0.29) is 51.4 Å². The van der Waals surface area contributed by atoms with Crippen molar-refractivity contribution in [3.05, 3.63) is 35.9 Å². The molecule has 1 aliphatic heterocycles. The predicted molar refractivity (Wildman–Crippen MR) is 74.4 cm³/mol. The van der Waals surface area contributed by atoms with Crippen molar-refractivity contribution in [3.63, 3.8) is 0 Å². The molecule has 0 N–H and O–H groups in total. The molecule has 0 atom stereocenters. The summed E-state index contributed by atoms with van der Waals surface area (Å²) in [6.45, 7) is 2.08. The fourth-order valence-electron chi connectivity index (χ4n) is 2.27. The minimum Gasteiger partial charge on any atom is -0.411 e. The standard InChI is InChI=1S/C13H17NS2.K/c15-13(16)14-8-6-12(7-9-14)10-11-4-2-1-3-5-11;/h1-5,12H,6-10H2,(H,15,16);/q;+1/p-1. The molecule has 0 amide bonds. The Hall–Kier alpha value is 0.966. The third-order valence-corrected chi connectivity index (χ3v) is 3.76. The topological polar surface area (TPSA) is 3.24 Å². The van der Waals surface area contributed by atoms with Gasteiger partial charge in [-0.2, -0.15) is 0 Å². The van der Waals surface area contributed by atoms with Crippen molar-refractivity contribution >= 4 is 29.2 Å². The summed E-state index contributed by atoms with van der Waals surface area (Å²) in [5.74, 6) is 0.794. The largest absolute Gasteiger partial charge is 1.00 e. The second kappa shape index (κ2) is 8.20. The molecule has 0 spiro atoms. The molecule has 1 nitrogen and oxygen atoms in total. The maximum Gasteiger partial charge on any atom is 1.00 e. The molecule has 0 unspecified atom stereocenters. The van der Waals surface area contributed by atoms with Gasteiger partial charge in [-0.15, -0.1) is 0 Å². The molecular weight excluding hydrogens is 273 g/mol. The van der Waals surface area contributed by atoms with Crippen molar-refractivity contribution in [1.29, 1.82) is 0 Å². The molecule has 1 heterocycles. The van der Waals surface area contributed by atoms with Gasteiger partial charge in [-0.25, -0.2) is 0 Å². The number of rotatable bonds is 2. The van der Waals surface area contributed by atoms with Gasteiger partial charge < -0.3 is 29.7 Å². The van der Waals surface area contributed by atoms with Crippen LogP contribution in [-0.4, -0.2) is 22.3 Å². The van der Waals surface area contributed by atoms with Crippen LogP contribution in [0, 0.1) is 5.92 Å². The van der Waals surface area contributed by atoms with Gasteiger partial charge in [0.1, 0.15) is 0 Å². The molecular formula is C13H16KNS2. The van der Waals surface area contributed by atoms with Crippen LogP contribution in [0.15, 0.2) is 30.3 Å². The zero-order chi connectivity index (χ0) is 11.4. The molecule has 0 bridgehead atoms. The molecule has 1 aromatic carbocycles. The fourth-order valence-corrected chi connectivity index (χ4v) is 2.63. The van der Waals surface area contributed by atoms with Crippen LogP contribution in [0.5, 0.6) is 0 Å². The van der Waals surface area contributed by atoms with E-state index in [4.69, 9.17) is 24.8 Å². The molecule has 0 saturated carbocycles. The van der Waals surface area contributed by atoms with Crippen molar-refractivity contribution in [2.45, 2.75) is 19.3 Å². The Bertz CT molecular complexity index is 348. The zero-order valence-electron chi connectivity index (χ0n) is 10.3. The summed E-state index contributed by atoms with van der Waals surface area (Å²) in [5.41, 5.74) is 1.45. The SMILES string of the molecule is S=C([S-])N1CCC(Cc2ccccc2)CC1.[K+]. The fraction of sp³-hybridized carbons (Fsp3) is 0.462. The van der Waals surface area contributed by atoms with Crippen LogP contribution in [0.25, 0.3) is 0 Å². The van der Waals surface area contributed by atoms with Gasteiger partial charge in [0, 0.05) is 13.1 Å². The Morgan fingerprint density at radius 1 is 1.24 bits per heavy atom. The normalized spacial score (nSPS) is 16.4. The average molecular weight is 290 g/mol. The van der Waals surface area contributed by atoms with Gasteiger partial charge in [-0.05, 0) is 30.7 Å². The second-order valence-corrected chi connectivity index (χ2v) is 5.42. The summed E-state index contributed by atoms with van der Waals surface area (Å²) in [7, 11) is 0. The minimum atomic E-state index is 0. The maximum atomic E-state index is 5.02. The van der Waals surface area contributed by atoms with E-state index in [1.165, 1.54) is 24.8 Å². The van der Waals surface area contributed by atoms with E-state index in [1.807, 2.05) is 0 Å².